The first-order valence-corrected chi connectivity index (χ1v) is 8.20. The van der Waals surface area contributed by atoms with Crippen LogP contribution in [-0.2, 0) is 0 Å². The molecule has 4 nitrogen and oxygen atoms in total. The van der Waals surface area contributed by atoms with Crippen molar-refractivity contribution in [1.29, 1.82) is 0 Å². The molecular formula is C16H18BrN3O. The zero-order chi connectivity index (χ0) is 14.6. The minimum atomic E-state index is 0.573. The quantitative estimate of drug-likeness (QED) is 0.904. The number of aromatic nitrogens is 2. The number of imidazole rings is 1. The summed E-state index contributed by atoms with van der Waals surface area (Å²) in [7, 11) is 1.67. The number of methoxy groups -OCH3 is 1. The Morgan fingerprint density at radius 2 is 2.05 bits per heavy atom. The van der Waals surface area contributed by atoms with Gasteiger partial charge >= 0.3 is 0 Å². The average Bonchev–Trinajstić information content (AvgIpc) is 3.36. The Labute approximate surface area is 132 Å². The summed E-state index contributed by atoms with van der Waals surface area (Å²) in [6.45, 7) is 0. The highest BCUT2D eigenvalue weighted by atomic mass is 79.9. The number of hydrogen-bond donors (Lipinski definition) is 1. The Morgan fingerprint density at radius 3 is 2.62 bits per heavy atom. The number of anilines is 1. The molecule has 2 aromatic rings. The lowest BCUT2D eigenvalue weighted by molar-refractivity contribution is 0.412. The van der Waals surface area contributed by atoms with E-state index in [1.54, 1.807) is 7.11 Å². The van der Waals surface area contributed by atoms with E-state index in [1.807, 2.05) is 18.2 Å². The van der Waals surface area contributed by atoms with Gasteiger partial charge in [0.25, 0.3) is 0 Å². The monoisotopic (exact) mass is 347 g/mol. The molecule has 0 atom stereocenters. The molecule has 1 aromatic heterocycles. The van der Waals surface area contributed by atoms with Gasteiger partial charge in [-0.05, 0) is 59.8 Å². The number of nitrogens with two attached hydrogens (primary N) is 1. The van der Waals surface area contributed by atoms with Crippen molar-refractivity contribution >= 4 is 21.7 Å². The first-order chi connectivity index (χ1) is 10.2. The van der Waals surface area contributed by atoms with E-state index < -0.39 is 0 Å². The zero-order valence-corrected chi connectivity index (χ0v) is 13.6. The summed E-state index contributed by atoms with van der Waals surface area (Å²) in [5.41, 5.74) is 8.37. The Morgan fingerprint density at radius 1 is 1.29 bits per heavy atom. The van der Waals surface area contributed by atoms with Crippen molar-refractivity contribution in [1.82, 2.24) is 9.55 Å². The van der Waals surface area contributed by atoms with Crippen LogP contribution in [0, 0.1) is 0 Å². The van der Waals surface area contributed by atoms with Crippen LogP contribution >= 0.6 is 15.9 Å². The lowest BCUT2D eigenvalue weighted by atomic mass is 10.1. The summed E-state index contributed by atoms with van der Waals surface area (Å²) < 4.78 is 8.50. The van der Waals surface area contributed by atoms with Crippen molar-refractivity contribution in [2.45, 2.75) is 37.6 Å². The maximum Gasteiger partial charge on any atom is 0.133 e. The molecule has 5 heteroatoms. The minimum absolute atomic E-state index is 0.573. The molecule has 110 valence electrons. The van der Waals surface area contributed by atoms with E-state index in [9.17, 15) is 0 Å². The Hall–Kier alpha value is -1.49. The molecule has 1 aromatic carbocycles. The van der Waals surface area contributed by atoms with E-state index in [-0.39, 0.29) is 0 Å². The molecule has 0 unspecified atom stereocenters. The standard InChI is InChI=1S/C16H18BrN3O/c1-21-13-7-4-10(8-12(13)17)14-15(18)20(11-5-6-11)16(19-14)9-2-3-9/h4,7-9,11H,2-3,5-6,18H2,1H3. The first kappa shape index (κ1) is 13.2. The van der Waals surface area contributed by atoms with Crippen LogP contribution in [0.1, 0.15) is 43.5 Å². The summed E-state index contributed by atoms with van der Waals surface area (Å²) in [6, 6.07) is 6.58. The third-order valence-corrected chi connectivity index (χ3v) is 4.87. The smallest absolute Gasteiger partial charge is 0.133 e. The summed E-state index contributed by atoms with van der Waals surface area (Å²) in [5, 5.41) is 0. The van der Waals surface area contributed by atoms with Gasteiger partial charge in [-0.1, -0.05) is 0 Å². The van der Waals surface area contributed by atoms with Gasteiger partial charge in [-0.3, -0.25) is 0 Å². The van der Waals surface area contributed by atoms with E-state index in [2.05, 4.69) is 20.5 Å². The molecule has 0 saturated heterocycles. The lowest BCUT2D eigenvalue weighted by Crippen LogP contribution is -2.04. The third-order valence-electron chi connectivity index (χ3n) is 4.26. The van der Waals surface area contributed by atoms with Gasteiger partial charge in [0.1, 0.15) is 23.1 Å². The third kappa shape index (κ3) is 2.24. The van der Waals surface area contributed by atoms with Crippen LogP contribution in [-0.4, -0.2) is 16.7 Å². The Bertz CT molecular complexity index is 702. The van der Waals surface area contributed by atoms with Gasteiger partial charge < -0.3 is 15.0 Å². The molecule has 21 heavy (non-hydrogen) atoms. The SMILES string of the molecule is COc1ccc(-c2nc(C3CC3)n(C3CC3)c2N)cc1Br. The van der Waals surface area contributed by atoms with Crippen LogP contribution in [0.3, 0.4) is 0 Å². The average molecular weight is 348 g/mol. The number of nitrogens with zero attached hydrogens (tertiary/aromatic N) is 2. The van der Waals surface area contributed by atoms with Gasteiger partial charge in [-0.25, -0.2) is 4.98 Å². The molecule has 0 bridgehead atoms. The van der Waals surface area contributed by atoms with Crippen LogP contribution < -0.4 is 10.5 Å². The second kappa shape index (κ2) is 4.77. The zero-order valence-electron chi connectivity index (χ0n) is 12.0. The summed E-state index contributed by atoms with van der Waals surface area (Å²) >= 11 is 3.54. The van der Waals surface area contributed by atoms with Crippen LogP contribution in [0.2, 0.25) is 0 Å². The van der Waals surface area contributed by atoms with Gasteiger partial charge in [0.05, 0.1) is 11.6 Å². The molecule has 0 spiro atoms. The van der Waals surface area contributed by atoms with E-state index in [4.69, 9.17) is 15.5 Å². The molecule has 0 radical (unpaired) electrons. The second-order valence-electron chi connectivity index (χ2n) is 5.93. The normalized spacial score (nSPS) is 18.0. The molecular weight excluding hydrogens is 330 g/mol. The maximum absolute atomic E-state index is 6.42. The molecule has 2 N–H and O–H groups in total. The Balaban J connectivity index is 1.81. The first-order valence-electron chi connectivity index (χ1n) is 7.40. The molecule has 2 aliphatic carbocycles. The van der Waals surface area contributed by atoms with Crippen molar-refractivity contribution in [2.24, 2.45) is 0 Å². The van der Waals surface area contributed by atoms with E-state index >= 15 is 0 Å². The number of benzene rings is 1. The van der Waals surface area contributed by atoms with Crippen LogP contribution in [0.25, 0.3) is 11.3 Å². The predicted octanol–water partition coefficient (Wildman–Crippen LogP) is 4.12. The van der Waals surface area contributed by atoms with Gasteiger partial charge in [-0.2, -0.15) is 0 Å². The molecule has 1 heterocycles. The van der Waals surface area contributed by atoms with Crippen molar-refractivity contribution in [2.75, 3.05) is 12.8 Å². The highest BCUT2D eigenvalue weighted by Crippen LogP contribution is 2.48. The summed E-state index contributed by atoms with van der Waals surface area (Å²) in [5.74, 6) is 3.44. The fraction of sp³-hybridized carbons (Fsp3) is 0.438. The van der Waals surface area contributed by atoms with E-state index in [1.165, 1.54) is 31.5 Å². The largest absolute Gasteiger partial charge is 0.496 e. The van der Waals surface area contributed by atoms with Crippen LogP contribution in [0.15, 0.2) is 22.7 Å². The van der Waals surface area contributed by atoms with Gasteiger partial charge in [-0.15, -0.1) is 0 Å². The Kier molecular flexibility index (Phi) is 2.99. The summed E-state index contributed by atoms with van der Waals surface area (Å²) in [4.78, 5) is 4.88. The topological polar surface area (TPSA) is 53.1 Å². The van der Waals surface area contributed by atoms with Crippen LogP contribution in [0.4, 0.5) is 5.82 Å². The number of nitrogen functional groups attached to an aromatic ring is 1. The van der Waals surface area contributed by atoms with E-state index in [0.29, 0.717) is 12.0 Å². The minimum Gasteiger partial charge on any atom is -0.496 e. The summed E-state index contributed by atoms with van der Waals surface area (Å²) in [6.07, 6.45) is 4.95. The highest BCUT2D eigenvalue weighted by molar-refractivity contribution is 9.10. The van der Waals surface area contributed by atoms with Gasteiger partial charge in [0.15, 0.2) is 0 Å². The molecule has 0 aliphatic heterocycles. The van der Waals surface area contributed by atoms with Crippen molar-refractivity contribution in [3.8, 4) is 17.0 Å². The number of halogens is 1. The van der Waals surface area contributed by atoms with Crippen LogP contribution in [0.5, 0.6) is 5.75 Å². The highest BCUT2D eigenvalue weighted by Gasteiger charge is 2.36. The molecule has 0 amide bonds. The molecule has 2 aliphatic rings. The second-order valence-corrected chi connectivity index (χ2v) is 6.78. The van der Waals surface area contributed by atoms with E-state index in [0.717, 1.165) is 27.3 Å². The molecule has 4 rings (SSSR count). The fourth-order valence-electron chi connectivity index (χ4n) is 2.84. The van der Waals surface area contributed by atoms with Crippen molar-refractivity contribution in [3.05, 3.63) is 28.5 Å². The number of hydrogen-bond acceptors (Lipinski definition) is 3. The maximum atomic E-state index is 6.42. The predicted molar refractivity (Wildman–Crippen MR) is 86.6 cm³/mol. The van der Waals surface area contributed by atoms with Crippen molar-refractivity contribution in [3.63, 3.8) is 0 Å². The fourth-order valence-corrected chi connectivity index (χ4v) is 3.38. The van der Waals surface area contributed by atoms with Gasteiger partial charge in [0, 0.05) is 17.5 Å². The number of rotatable bonds is 4. The molecule has 2 fully saturated rings. The number of ether oxygens (including phenoxy) is 1. The van der Waals surface area contributed by atoms with Crippen molar-refractivity contribution < 1.29 is 4.74 Å². The molecule has 2 saturated carbocycles. The lowest BCUT2D eigenvalue weighted by Gasteiger charge is -2.08. The van der Waals surface area contributed by atoms with Gasteiger partial charge in [0.2, 0.25) is 0 Å².